The molecule has 2 unspecified atom stereocenters. The molecule has 0 N–H and O–H groups in total. The Balaban J connectivity index is 2.30. The van der Waals surface area contributed by atoms with Crippen LogP contribution in [0.4, 0.5) is 37.4 Å². The van der Waals surface area contributed by atoms with Crippen LogP contribution in [-0.4, -0.2) is 48.5 Å². The molecular formula is C18H17F8NO9S. The van der Waals surface area contributed by atoms with Crippen LogP contribution in [0, 0.1) is 17.0 Å². The maximum atomic E-state index is 13.6. The van der Waals surface area contributed by atoms with Crippen molar-refractivity contribution in [3.63, 3.8) is 0 Å². The van der Waals surface area contributed by atoms with Crippen LogP contribution in [0.25, 0.3) is 6.08 Å². The number of benzene rings is 1. The monoisotopic (exact) mass is 575 g/mol. The smallest absolute Gasteiger partial charge is 0.475 e. The summed E-state index contributed by atoms with van der Waals surface area (Å²) >= 11 is 0. The highest BCUT2D eigenvalue weighted by Gasteiger charge is 2.65. The predicted octanol–water partition coefficient (Wildman–Crippen LogP) is 6.00. The van der Waals surface area contributed by atoms with Crippen molar-refractivity contribution in [1.82, 2.24) is 0 Å². The van der Waals surface area contributed by atoms with Crippen LogP contribution in [0.2, 0.25) is 0 Å². The largest absolute Gasteiger partial charge is 0.511 e. The Morgan fingerprint density at radius 2 is 1.70 bits per heavy atom. The summed E-state index contributed by atoms with van der Waals surface area (Å²) in [4.78, 5) is 35.6. The number of fused-ring (bicyclic) bond motifs is 1. The lowest BCUT2D eigenvalue weighted by atomic mass is 9.99. The second-order valence-electron chi connectivity index (χ2n) is 7.56. The fourth-order valence-corrected chi connectivity index (χ4v) is 3.61. The molecule has 0 bridgehead atoms. The average Bonchev–Trinajstić information content (AvgIpc) is 2.68. The van der Waals surface area contributed by atoms with Gasteiger partial charge >= 0.3 is 28.5 Å². The Labute approximate surface area is 201 Å². The molecule has 210 valence electrons. The van der Waals surface area contributed by atoms with Crippen molar-refractivity contribution < 1.29 is 71.1 Å². The first kappa shape index (κ1) is 29.7. The molecule has 3 atom stereocenters. The lowest BCUT2D eigenvalue weighted by Crippen LogP contribution is -2.41. The van der Waals surface area contributed by atoms with Crippen molar-refractivity contribution in [1.29, 1.82) is 0 Å². The minimum Gasteiger partial charge on any atom is -0.475 e. The average molecular weight is 575 g/mol. The number of aryl methyl sites for hydroxylation is 1. The minimum absolute atomic E-state index is 0.0792. The van der Waals surface area contributed by atoms with E-state index in [1.165, 1.54) is 0 Å². The van der Waals surface area contributed by atoms with Crippen molar-refractivity contribution in [2.75, 3.05) is 6.61 Å². The molecule has 0 spiro atoms. The molecule has 0 aromatic heterocycles. The van der Waals surface area contributed by atoms with Crippen LogP contribution in [-0.2, 0) is 23.8 Å². The number of carbonyl (C=O) groups is 2. The number of alkyl halides is 3. The maximum absolute atomic E-state index is 13.6. The van der Waals surface area contributed by atoms with Crippen molar-refractivity contribution in [2.24, 2.45) is 0 Å². The van der Waals surface area contributed by atoms with E-state index in [1.807, 2.05) is 0 Å². The number of rotatable bonds is 8. The van der Waals surface area contributed by atoms with E-state index in [-0.39, 0.29) is 18.2 Å². The maximum Gasteiger partial charge on any atom is 0.511 e. The quantitative estimate of drug-likeness (QED) is 0.121. The van der Waals surface area contributed by atoms with Crippen molar-refractivity contribution in [3.8, 4) is 5.75 Å². The number of hydrogen-bond donors (Lipinski definition) is 0. The highest BCUT2D eigenvalue weighted by atomic mass is 32.5. The molecule has 1 aliphatic heterocycles. The zero-order valence-electron chi connectivity index (χ0n) is 18.7. The fourth-order valence-electron chi connectivity index (χ4n) is 2.86. The number of carbonyl (C=O) groups excluding carboxylic acids is 2. The summed E-state index contributed by atoms with van der Waals surface area (Å²) < 4.78 is 125. The van der Waals surface area contributed by atoms with Gasteiger partial charge < -0.3 is 23.8 Å². The van der Waals surface area contributed by atoms with Gasteiger partial charge in [-0.25, -0.2) is 9.59 Å². The predicted molar refractivity (Wildman–Crippen MR) is 107 cm³/mol. The Bertz CT molecular complexity index is 1140. The van der Waals surface area contributed by atoms with Gasteiger partial charge in [0.25, 0.3) is 5.09 Å². The van der Waals surface area contributed by atoms with Crippen molar-refractivity contribution in [3.05, 3.63) is 38.9 Å². The third kappa shape index (κ3) is 7.99. The summed E-state index contributed by atoms with van der Waals surface area (Å²) in [5.41, 5.74) is -3.06. The zero-order chi connectivity index (χ0) is 28.6. The Morgan fingerprint density at radius 1 is 1.11 bits per heavy atom. The molecular weight excluding hydrogens is 558 g/mol. The van der Waals surface area contributed by atoms with E-state index < -0.39 is 86.1 Å². The Morgan fingerprint density at radius 3 is 2.22 bits per heavy atom. The standard InChI is InChI=1S/C18H17F8NO9S/c1-8-4-12(37(22,23,24,25)26)5-11-6-13(15(18(19,20)21)36-14(8)11)16(28)34-10(3)35-17(29)33-9(2)7-32-27(30)31/h4-6,9-10,15H,7H2,1-3H3/t9?,10?,15-/m0/s1. The Hall–Kier alpha value is -3.51. The van der Waals surface area contributed by atoms with E-state index >= 15 is 0 Å². The zero-order valence-corrected chi connectivity index (χ0v) is 19.5. The lowest BCUT2D eigenvalue weighted by molar-refractivity contribution is -0.759. The van der Waals surface area contributed by atoms with Crippen molar-refractivity contribution in [2.45, 2.75) is 50.3 Å². The first-order valence-electron chi connectivity index (χ1n) is 9.67. The molecule has 0 saturated carbocycles. The van der Waals surface area contributed by atoms with Crippen molar-refractivity contribution >= 4 is 28.4 Å². The SMILES string of the molecule is Cc1cc(S(F)(F)(F)(F)F)cc2c1O[C@H](C(F)(F)F)C(C(=O)OC(C)OC(=O)OC(C)CO[N+](=O)[O-])=C2. The molecule has 0 amide bonds. The van der Waals surface area contributed by atoms with Gasteiger partial charge in [-0.1, -0.05) is 19.4 Å². The molecule has 1 heterocycles. The number of esters is 1. The van der Waals surface area contributed by atoms with Gasteiger partial charge in [-0.3, -0.25) is 0 Å². The molecule has 1 aromatic rings. The lowest BCUT2D eigenvalue weighted by Gasteiger charge is -2.41. The molecule has 19 heteroatoms. The van der Waals surface area contributed by atoms with E-state index in [9.17, 15) is 52.3 Å². The van der Waals surface area contributed by atoms with E-state index in [4.69, 9.17) is 0 Å². The normalized spacial score (nSPS) is 19.0. The molecule has 1 aromatic carbocycles. The van der Waals surface area contributed by atoms with Gasteiger partial charge in [0, 0.05) is 12.5 Å². The summed E-state index contributed by atoms with van der Waals surface area (Å²) in [6.07, 6.45) is -12.9. The second-order valence-corrected chi connectivity index (χ2v) is 9.96. The van der Waals surface area contributed by atoms with Crippen LogP contribution in [0.1, 0.15) is 25.0 Å². The van der Waals surface area contributed by atoms with Gasteiger partial charge in [0.1, 0.15) is 23.4 Å². The van der Waals surface area contributed by atoms with Gasteiger partial charge in [-0.05, 0) is 37.6 Å². The van der Waals surface area contributed by atoms with Crippen LogP contribution in [0.5, 0.6) is 5.75 Å². The van der Waals surface area contributed by atoms with Gasteiger partial charge in [-0.2, -0.15) is 13.2 Å². The molecule has 0 fully saturated rings. The first-order valence-corrected chi connectivity index (χ1v) is 11.6. The number of halogens is 8. The number of hydrogen-bond acceptors (Lipinski definition) is 9. The van der Waals surface area contributed by atoms with E-state index in [2.05, 4.69) is 23.8 Å². The summed E-state index contributed by atoms with van der Waals surface area (Å²) in [5.74, 6) is -2.71. The van der Waals surface area contributed by atoms with Crippen LogP contribution >= 0.6 is 10.2 Å². The molecule has 0 saturated heterocycles. The van der Waals surface area contributed by atoms with Crippen LogP contribution in [0.3, 0.4) is 0 Å². The highest BCUT2D eigenvalue weighted by molar-refractivity contribution is 8.45. The summed E-state index contributed by atoms with van der Waals surface area (Å²) in [7, 11) is -10.3. The molecule has 1 aliphatic rings. The summed E-state index contributed by atoms with van der Waals surface area (Å²) in [6.45, 7) is 2.07. The summed E-state index contributed by atoms with van der Waals surface area (Å²) in [5, 5.41) is 8.91. The summed E-state index contributed by atoms with van der Waals surface area (Å²) in [6, 6.07) is -0.250. The second kappa shape index (κ2) is 9.10. The number of ether oxygens (including phenoxy) is 4. The highest BCUT2D eigenvalue weighted by Crippen LogP contribution is 3.02. The molecule has 0 radical (unpaired) electrons. The molecule has 0 aliphatic carbocycles. The first-order chi connectivity index (χ1) is 16.5. The molecule has 37 heavy (non-hydrogen) atoms. The fraction of sp³-hybridized carbons (Fsp3) is 0.444. The van der Waals surface area contributed by atoms with Gasteiger partial charge in [0.15, 0.2) is 0 Å². The minimum atomic E-state index is -10.3. The topological polar surface area (TPSA) is 123 Å². The number of nitrogens with zero attached hydrogens (tertiary/aromatic N) is 1. The van der Waals surface area contributed by atoms with Crippen LogP contribution < -0.4 is 4.74 Å². The van der Waals surface area contributed by atoms with Gasteiger partial charge in [0.05, 0.1) is 5.57 Å². The van der Waals surface area contributed by atoms with Gasteiger partial charge in [-0.15, -0.1) is 10.1 Å². The van der Waals surface area contributed by atoms with E-state index in [0.717, 1.165) is 20.8 Å². The Kier molecular flexibility index (Phi) is 7.31. The van der Waals surface area contributed by atoms with E-state index in [1.54, 1.807) is 0 Å². The molecule has 2 rings (SSSR count). The van der Waals surface area contributed by atoms with E-state index in [0.29, 0.717) is 0 Å². The van der Waals surface area contributed by atoms with Crippen LogP contribution in [0.15, 0.2) is 22.6 Å². The van der Waals surface area contributed by atoms with Gasteiger partial charge in [0.2, 0.25) is 12.4 Å². The third-order valence-electron chi connectivity index (χ3n) is 4.33. The third-order valence-corrected chi connectivity index (χ3v) is 5.46. The molecule has 10 nitrogen and oxygen atoms in total.